The van der Waals surface area contributed by atoms with Gasteiger partial charge in [0, 0.05) is 35.6 Å². The van der Waals surface area contributed by atoms with E-state index < -0.39 is 5.41 Å². The largest absolute Gasteiger partial charge is 0.425 e. The van der Waals surface area contributed by atoms with Crippen molar-refractivity contribution in [1.82, 2.24) is 14.6 Å². The number of ether oxygens (including phenoxy) is 2. The zero-order valence-electron chi connectivity index (χ0n) is 20.7. The predicted octanol–water partition coefficient (Wildman–Crippen LogP) is 3.74. The zero-order chi connectivity index (χ0) is 25.2. The number of esters is 1. The standard InChI is InChI=1S/C26H28N6O4/c1-14-16-11-15(5-6-20(16)31-7-9-35-10-8-31)32-23(29-30-25(32)34)18-12-17-19(27-28-22(14)17)13-21(18)36-24(33)26(2,3)4/h5-6,11-13,27-28H,7-10H2,1-4H3,(H,30,34). The molecule has 2 aliphatic heterocycles. The Bertz CT molecular complexity index is 1640. The first-order valence-electron chi connectivity index (χ1n) is 12.0. The zero-order valence-corrected chi connectivity index (χ0v) is 20.7. The van der Waals surface area contributed by atoms with Crippen molar-refractivity contribution in [3.8, 4) is 5.75 Å². The first-order chi connectivity index (χ1) is 17.2. The molecule has 1 saturated heterocycles. The number of nitrogens with zero attached hydrogens (tertiary/aromatic N) is 3. The van der Waals surface area contributed by atoms with Crippen molar-refractivity contribution in [3.05, 3.63) is 46.4 Å². The van der Waals surface area contributed by atoms with E-state index in [1.807, 2.05) is 24.3 Å². The van der Waals surface area contributed by atoms with Crippen LogP contribution in [0.5, 0.6) is 5.75 Å². The highest BCUT2D eigenvalue weighted by Gasteiger charge is 2.27. The molecule has 0 saturated carbocycles. The lowest BCUT2D eigenvalue weighted by molar-refractivity contribution is -0.142. The van der Waals surface area contributed by atoms with E-state index in [1.54, 1.807) is 26.8 Å². The van der Waals surface area contributed by atoms with Gasteiger partial charge in [0.2, 0.25) is 0 Å². The lowest BCUT2D eigenvalue weighted by atomic mass is 9.97. The number of anilines is 3. The van der Waals surface area contributed by atoms with E-state index in [0.29, 0.717) is 35.5 Å². The van der Waals surface area contributed by atoms with E-state index in [0.717, 1.165) is 46.5 Å². The van der Waals surface area contributed by atoms with E-state index in [9.17, 15) is 9.59 Å². The van der Waals surface area contributed by atoms with Gasteiger partial charge in [0.05, 0.1) is 40.9 Å². The molecule has 4 aromatic rings. The van der Waals surface area contributed by atoms with Gasteiger partial charge in [-0.25, -0.2) is 14.3 Å². The molecular weight excluding hydrogens is 460 g/mol. The molecule has 3 N–H and O–H groups in total. The number of aromatic nitrogens is 3. The third kappa shape index (κ3) is 3.48. The quantitative estimate of drug-likeness (QED) is 0.289. The van der Waals surface area contributed by atoms with Crippen molar-refractivity contribution >= 4 is 50.4 Å². The summed E-state index contributed by atoms with van der Waals surface area (Å²) in [6, 6.07) is 9.68. The Kier molecular flexibility index (Phi) is 4.97. The third-order valence-corrected chi connectivity index (χ3v) is 6.81. The molecule has 0 spiro atoms. The van der Waals surface area contributed by atoms with Crippen LogP contribution in [-0.2, 0) is 9.53 Å². The van der Waals surface area contributed by atoms with E-state index in [-0.39, 0.29) is 11.7 Å². The molecular formula is C26H28N6O4. The van der Waals surface area contributed by atoms with Crippen LogP contribution in [0, 0.1) is 12.3 Å². The number of aryl methyl sites for hydroxylation is 1. The predicted molar refractivity (Wildman–Crippen MR) is 140 cm³/mol. The van der Waals surface area contributed by atoms with Crippen LogP contribution in [0.1, 0.15) is 26.3 Å². The fourth-order valence-electron chi connectivity index (χ4n) is 4.79. The second-order valence-corrected chi connectivity index (χ2v) is 10.3. The highest BCUT2D eigenvalue weighted by Crippen LogP contribution is 2.41. The molecule has 186 valence electrons. The average molecular weight is 489 g/mol. The van der Waals surface area contributed by atoms with Crippen LogP contribution >= 0.6 is 0 Å². The summed E-state index contributed by atoms with van der Waals surface area (Å²) in [6.07, 6.45) is 0. The fraction of sp³-hybridized carbons (Fsp3) is 0.346. The summed E-state index contributed by atoms with van der Waals surface area (Å²) in [7, 11) is 0. The van der Waals surface area contributed by atoms with Crippen LogP contribution in [-0.4, -0.2) is 46.9 Å². The van der Waals surface area contributed by atoms with Crippen molar-refractivity contribution in [2.24, 2.45) is 5.41 Å². The minimum absolute atomic E-state index is 0.327. The van der Waals surface area contributed by atoms with Crippen LogP contribution in [0.15, 0.2) is 35.1 Å². The molecule has 0 atom stereocenters. The fourth-order valence-corrected chi connectivity index (χ4v) is 4.79. The molecule has 2 aliphatic rings. The molecule has 4 heterocycles. The second-order valence-electron chi connectivity index (χ2n) is 10.3. The molecule has 0 unspecified atom stereocenters. The average Bonchev–Trinajstić information content (AvgIpc) is 3.45. The van der Waals surface area contributed by atoms with Gasteiger partial charge in [-0.2, -0.15) is 5.10 Å². The Morgan fingerprint density at radius 1 is 1.06 bits per heavy atom. The van der Waals surface area contributed by atoms with Crippen molar-refractivity contribution in [2.75, 3.05) is 42.1 Å². The molecule has 1 fully saturated rings. The van der Waals surface area contributed by atoms with Crippen LogP contribution in [0.3, 0.4) is 0 Å². The number of hydrogen-bond acceptors (Lipinski definition) is 8. The maximum absolute atomic E-state index is 13.0. The van der Waals surface area contributed by atoms with Gasteiger partial charge in [0.1, 0.15) is 5.75 Å². The van der Waals surface area contributed by atoms with Crippen molar-refractivity contribution in [2.45, 2.75) is 27.7 Å². The van der Waals surface area contributed by atoms with Gasteiger partial charge in [0.15, 0.2) is 5.65 Å². The van der Waals surface area contributed by atoms with Gasteiger partial charge in [0.25, 0.3) is 0 Å². The van der Waals surface area contributed by atoms with E-state index >= 15 is 0 Å². The number of carbonyl (C=O) groups is 1. The monoisotopic (exact) mass is 488 g/mol. The van der Waals surface area contributed by atoms with Crippen molar-refractivity contribution in [1.29, 1.82) is 0 Å². The highest BCUT2D eigenvalue weighted by atomic mass is 16.5. The number of morpholine rings is 1. The summed E-state index contributed by atoms with van der Waals surface area (Å²) in [5.41, 5.74) is 10.3. The molecule has 36 heavy (non-hydrogen) atoms. The molecule has 6 rings (SSSR count). The molecule has 10 heteroatoms. The number of rotatable bonds is 2. The second kappa shape index (κ2) is 7.99. The normalized spacial score (nSPS) is 15.3. The summed E-state index contributed by atoms with van der Waals surface area (Å²) in [5, 5.41) is 9.38. The number of hydrazine groups is 1. The van der Waals surface area contributed by atoms with Gasteiger partial charge in [-0.1, -0.05) is 0 Å². The minimum Gasteiger partial charge on any atom is -0.425 e. The number of fused-ring (bicyclic) bond motifs is 6. The summed E-state index contributed by atoms with van der Waals surface area (Å²) >= 11 is 0. The Morgan fingerprint density at radius 3 is 2.58 bits per heavy atom. The lowest BCUT2D eigenvalue weighted by Crippen LogP contribution is -2.36. The van der Waals surface area contributed by atoms with E-state index in [2.05, 4.69) is 32.9 Å². The van der Waals surface area contributed by atoms with Gasteiger partial charge < -0.3 is 19.8 Å². The van der Waals surface area contributed by atoms with Crippen LogP contribution < -0.4 is 26.2 Å². The van der Waals surface area contributed by atoms with Crippen LogP contribution in [0.25, 0.3) is 27.3 Å². The number of nitrogens with one attached hydrogen (secondary N) is 3. The highest BCUT2D eigenvalue weighted by molar-refractivity contribution is 6.06. The molecule has 2 aromatic carbocycles. The van der Waals surface area contributed by atoms with Gasteiger partial charge in [-0.3, -0.25) is 10.2 Å². The molecule has 0 radical (unpaired) electrons. The summed E-state index contributed by atoms with van der Waals surface area (Å²) in [4.78, 5) is 28.1. The van der Waals surface area contributed by atoms with Gasteiger partial charge >= 0.3 is 11.7 Å². The first-order valence-corrected chi connectivity index (χ1v) is 12.0. The van der Waals surface area contributed by atoms with Crippen LogP contribution in [0.4, 0.5) is 17.1 Å². The maximum Gasteiger partial charge on any atom is 0.348 e. The Balaban J connectivity index is 1.73. The summed E-state index contributed by atoms with van der Waals surface area (Å²) in [5.74, 6) is -0.0526. The Morgan fingerprint density at radius 2 is 1.83 bits per heavy atom. The molecule has 2 aromatic heterocycles. The molecule has 0 aliphatic carbocycles. The van der Waals surface area contributed by atoms with E-state index in [4.69, 9.17) is 9.47 Å². The van der Waals surface area contributed by atoms with Crippen molar-refractivity contribution in [3.63, 3.8) is 0 Å². The smallest absolute Gasteiger partial charge is 0.348 e. The van der Waals surface area contributed by atoms with Gasteiger partial charge in [-0.05, 0) is 57.5 Å². The maximum atomic E-state index is 13.0. The van der Waals surface area contributed by atoms with Crippen LogP contribution in [0.2, 0.25) is 0 Å². The lowest BCUT2D eigenvalue weighted by Gasteiger charge is -2.30. The number of hydrogen-bond donors (Lipinski definition) is 3. The summed E-state index contributed by atoms with van der Waals surface area (Å²) < 4.78 is 12.9. The molecule has 0 amide bonds. The Labute approximate surface area is 206 Å². The minimum atomic E-state index is -0.704. The number of aromatic amines is 1. The summed E-state index contributed by atoms with van der Waals surface area (Å²) in [6.45, 7) is 10.4. The van der Waals surface area contributed by atoms with Gasteiger partial charge in [-0.15, -0.1) is 0 Å². The topological polar surface area (TPSA) is 113 Å². The molecule has 10 nitrogen and oxygen atoms in total. The molecule has 4 bridgehead atoms. The number of carbonyl (C=O) groups excluding carboxylic acids is 1. The van der Waals surface area contributed by atoms with Crippen molar-refractivity contribution < 1.29 is 14.3 Å². The van der Waals surface area contributed by atoms with E-state index in [1.165, 1.54) is 4.40 Å². The number of benzene rings is 2. The first kappa shape index (κ1) is 22.4. The third-order valence-electron chi connectivity index (χ3n) is 6.81. The Hall–Kier alpha value is -4.05. The SMILES string of the molecule is Cc1c2c3cc(c(OC(=O)C(C)(C)C)cc3NN2)c2n[nH]c(=O)n2c2ccc(N3CCOCC3)c1c2. The number of H-pyrrole nitrogens is 1.